The van der Waals surface area contributed by atoms with E-state index in [0.29, 0.717) is 4.90 Å². The van der Waals surface area contributed by atoms with Gasteiger partial charge in [-0.3, -0.25) is 4.21 Å². The quantitative estimate of drug-likeness (QED) is 0.764. The third kappa shape index (κ3) is 4.39. The molecule has 1 amide bonds. The Kier molecular flexibility index (Phi) is 5.85. The van der Waals surface area contributed by atoms with Crippen molar-refractivity contribution in [2.24, 2.45) is 0 Å². The van der Waals surface area contributed by atoms with Gasteiger partial charge in [-0.25, -0.2) is 9.63 Å². The average Bonchev–Trinajstić information content (AvgIpc) is 2.67. The van der Waals surface area contributed by atoms with Crippen molar-refractivity contribution in [3.05, 3.63) is 77.9 Å². The first-order valence-electron chi connectivity index (χ1n) is 8.37. The summed E-state index contributed by atoms with van der Waals surface area (Å²) >= 11 is 0. The van der Waals surface area contributed by atoms with Crippen LogP contribution in [-0.4, -0.2) is 26.8 Å². The predicted octanol–water partition coefficient (Wildman–Crippen LogP) is 3.96. The molecule has 136 valence electrons. The zero-order chi connectivity index (χ0) is 18.5. The zero-order valence-electron chi connectivity index (χ0n) is 14.7. The van der Waals surface area contributed by atoms with Crippen LogP contribution in [0.1, 0.15) is 18.1 Å². The summed E-state index contributed by atoms with van der Waals surface area (Å²) in [4.78, 5) is 18.7. The fraction of sp³-hybridized carbons (Fsp3) is 0.250. The molecule has 0 saturated heterocycles. The van der Waals surface area contributed by atoms with Crippen LogP contribution >= 0.6 is 0 Å². The number of amides is 1. The number of carbonyl (C=O) groups excluding carboxylic acids is 1. The van der Waals surface area contributed by atoms with Gasteiger partial charge in [-0.1, -0.05) is 54.1 Å². The molecule has 3 atom stereocenters. The second-order valence-electron chi connectivity index (χ2n) is 6.08. The van der Waals surface area contributed by atoms with Crippen LogP contribution < -0.4 is 0 Å². The lowest BCUT2D eigenvalue weighted by Gasteiger charge is -2.31. The molecule has 6 heteroatoms. The Bertz CT molecular complexity index is 804. The molecule has 1 aliphatic rings. The van der Waals surface area contributed by atoms with E-state index in [4.69, 9.17) is 9.57 Å². The highest BCUT2D eigenvalue weighted by Gasteiger charge is 2.31. The minimum Gasteiger partial charge on any atom is -0.443 e. The highest BCUT2D eigenvalue weighted by Crippen LogP contribution is 2.22. The lowest BCUT2D eigenvalue weighted by Crippen LogP contribution is -2.44. The second-order valence-corrected chi connectivity index (χ2v) is 7.61. The number of hydrogen-bond donors (Lipinski definition) is 0. The van der Waals surface area contributed by atoms with Crippen molar-refractivity contribution in [1.29, 1.82) is 0 Å². The number of hydrogen-bond acceptors (Lipinski definition) is 4. The number of carbonyl (C=O) groups is 1. The Balaban J connectivity index is 1.65. The molecule has 0 N–H and O–H groups in total. The van der Waals surface area contributed by atoms with Gasteiger partial charge in [0.25, 0.3) is 0 Å². The molecule has 5 nitrogen and oxygen atoms in total. The van der Waals surface area contributed by atoms with Crippen molar-refractivity contribution in [3.8, 4) is 0 Å². The molecular weight excluding hydrogens is 350 g/mol. The minimum absolute atomic E-state index is 0.154. The van der Waals surface area contributed by atoms with Gasteiger partial charge in [0.05, 0.1) is 16.8 Å². The lowest BCUT2D eigenvalue weighted by atomic mass is 10.2. The molecule has 0 bridgehead atoms. The summed E-state index contributed by atoms with van der Waals surface area (Å²) < 4.78 is 18.0. The van der Waals surface area contributed by atoms with E-state index in [-0.39, 0.29) is 12.6 Å². The van der Waals surface area contributed by atoms with Crippen LogP contribution in [0.15, 0.2) is 71.6 Å². The molecule has 0 radical (unpaired) electrons. The molecule has 1 aliphatic heterocycles. The summed E-state index contributed by atoms with van der Waals surface area (Å²) in [6.07, 6.45) is 2.92. The smallest absolute Gasteiger partial charge is 0.434 e. The van der Waals surface area contributed by atoms with Crippen LogP contribution in [0.2, 0.25) is 0 Å². The maximum atomic E-state index is 12.7. The minimum atomic E-state index is -1.43. The van der Waals surface area contributed by atoms with Crippen molar-refractivity contribution >= 4 is 16.9 Å². The number of nitrogens with zero attached hydrogens (tertiary/aromatic N) is 1. The van der Waals surface area contributed by atoms with Crippen LogP contribution in [0.3, 0.4) is 0 Å². The summed E-state index contributed by atoms with van der Waals surface area (Å²) in [6.45, 7) is 3.93. The third-order valence-electron chi connectivity index (χ3n) is 3.98. The number of ether oxygens (including phenoxy) is 1. The van der Waals surface area contributed by atoms with Crippen molar-refractivity contribution in [1.82, 2.24) is 5.06 Å². The molecule has 3 rings (SSSR count). The van der Waals surface area contributed by atoms with Crippen LogP contribution in [0, 0.1) is 6.92 Å². The van der Waals surface area contributed by atoms with Crippen LogP contribution in [-0.2, 0) is 27.0 Å². The Hall–Kier alpha value is -2.44. The number of aryl methyl sites for hydroxylation is 1. The number of rotatable bonds is 4. The Morgan fingerprint density at radius 2 is 1.81 bits per heavy atom. The molecule has 0 spiro atoms. The number of benzene rings is 2. The van der Waals surface area contributed by atoms with Crippen LogP contribution in [0.4, 0.5) is 4.79 Å². The highest BCUT2D eigenvalue weighted by atomic mass is 32.2. The van der Waals surface area contributed by atoms with E-state index in [9.17, 15) is 9.00 Å². The summed E-state index contributed by atoms with van der Waals surface area (Å²) in [5, 5.41) is 1.14. The third-order valence-corrected chi connectivity index (χ3v) is 5.39. The molecule has 0 saturated carbocycles. The van der Waals surface area contributed by atoms with Gasteiger partial charge in [-0.15, -0.1) is 0 Å². The normalized spacial score (nSPS) is 20.6. The van der Waals surface area contributed by atoms with E-state index in [0.717, 1.165) is 16.2 Å². The highest BCUT2D eigenvalue weighted by molar-refractivity contribution is 7.85. The van der Waals surface area contributed by atoms with Gasteiger partial charge >= 0.3 is 6.09 Å². The average molecular weight is 371 g/mol. The van der Waals surface area contributed by atoms with E-state index in [2.05, 4.69) is 0 Å². The standard InChI is InChI=1S/C20H21NO4S/c1-15-8-11-18(12-9-15)26(23)19-13-10-16(2)21(25-19)20(22)24-14-17-6-4-3-5-7-17/h3-13,16,19H,14H2,1-2H3/t16-,19+,26?/m0/s1. The lowest BCUT2D eigenvalue weighted by molar-refractivity contribution is -0.158. The Morgan fingerprint density at radius 1 is 1.12 bits per heavy atom. The largest absolute Gasteiger partial charge is 0.443 e. The maximum absolute atomic E-state index is 12.7. The molecule has 0 aliphatic carbocycles. The van der Waals surface area contributed by atoms with Gasteiger partial charge in [0, 0.05) is 4.90 Å². The van der Waals surface area contributed by atoms with E-state index in [1.165, 1.54) is 0 Å². The first-order valence-corrected chi connectivity index (χ1v) is 9.58. The van der Waals surface area contributed by atoms with Crippen molar-refractivity contribution in [2.75, 3.05) is 0 Å². The Morgan fingerprint density at radius 3 is 2.50 bits per heavy atom. The van der Waals surface area contributed by atoms with E-state index in [1.54, 1.807) is 24.3 Å². The maximum Gasteiger partial charge on any atom is 0.434 e. The zero-order valence-corrected chi connectivity index (χ0v) is 15.5. The fourth-order valence-electron chi connectivity index (χ4n) is 2.48. The van der Waals surface area contributed by atoms with Crippen molar-refractivity contribution in [3.63, 3.8) is 0 Å². The second kappa shape index (κ2) is 8.29. The van der Waals surface area contributed by atoms with Crippen molar-refractivity contribution < 1.29 is 18.6 Å². The van der Waals surface area contributed by atoms with Crippen molar-refractivity contribution in [2.45, 2.75) is 36.8 Å². The van der Waals surface area contributed by atoms with Gasteiger partial charge in [-0.2, -0.15) is 5.06 Å². The van der Waals surface area contributed by atoms with Gasteiger partial charge < -0.3 is 4.74 Å². The molecule has 2 aromatic rings. The summed E-state index contributed by atoms with van der Waals surface area (Å²) in [5.74, 6) is 0. The molecule has 0 aromatic heterocycles. The fourth-order valence-corrected chi connectivity index (χ4v) is 3.56. The first-order chi connectivity index (χ1) is 12.5. The van der Waals surface area contributed by atoms with E-state index >= 15 is 0 Å². The molecule has 1 heterocycles. The van der Waals surface area contributed by atoms with E-state index < -0.39 is 22.3 Å². The molecule has 1 unspecified atom stereocenters. The summed E-state index contributed by atoms with van der Waals surface area (Å²) in [7, 11) is -1.43. The number of hydroxylamine groups is 2. The summed E-state index contributed by atoms with van der Waals surface area (Å²) in [5.41, 5.74) is 1.24. The van der Waals surface area contributed by atoms with Gasteiger partial charge in [0.15, 0.2) is 5.44 Å². The molecule has 2 aromatic carbocycles. The molecule has 26 heavy (non-hydrogen) atoms. The Labute approximate surface area is 155 Å². The van der Waals surface area contributed by atoms with Crippen LogP contribution in [0.25, 0.3) is 0 Å². The van der Waals surface area contributed by atoms with E-state index in [1.807, 2.05) is 56.3 Å². The summed E-state index contributed by atoms with van der Waals surface area (Å²) in [6, 6.07) is 16.5. The van der Waals surface area contributed by atoms with Crippen LogP contribution in [0.5, 0.6) is 0 Å². The topological polar surface area (TPSA) is 55.8 Å². The van der Waals surface area contributed by atoms with Gasteiger partial charge in [-0.05, 0) is 37.6 Å². The van der Waals surface area contributed by atoms with Gasteiger partial charge in [0.1, 0.15) is 6.61 Å². The monoisotopic (exact) mass is 371 g/mol. The first kappa shape index (κ1) is 18.4. The van der Waals surface area contributed by atoms with Gasteiger partial charge in [0.2, 0.25) is 0 Å². The SMILES string of the molecule is Cc1ccc(S(=O)[C@@H]2C=C[C@H](C)N(C(=O)OCc3ccccc3)O2)cc1. The molecule has 0 fully saturated rings. The predicted molar refractivity (Wildman–Crippen MR) is 99.5 cm³/mol. The molecular formula is C20H21NO4S.